The van der Waals surface area contributed by atoms with Gasteiger partial charge in [0.15, 0.2) is 5.65 Å². The summed E-state index contributed by atoms with van der Waals surface area (Å²) in [7, 11) is 1.88. The summed E-state index contributed by atoms with van der Waals surface area (Å²) < 4.78 is 3.21. The van der Waals surface area contributed by atoms with Gasteiger partial charge in [0.05, 0.1) is 12.2 Å². The first-order valence-electron chi connectivity index (χ1n) is 5.80. The first-order valence-corrected chi connectivity index (χ1v) is 5.80. The van der Waals surface area contributed by atoms with Crippen LogP contribution in [0.4, 0.5) is 5.82 Å². The van der Waals surface area contributed by atoms with Crippen molar-refractivity contribution < 1.29 is 0 Å². The summed E-state index contributed by atoms with van der Waals surface area (Å²) in [5.74, 6) is 1.26. The lowest BCUT2D eigenvalue weighted by atomic mass is 10.4. The minimum Gasteiger partial charge on any atom is -0.364 e. The number of hydrogen-bond donors (Lipinski definition) is 2. The van der Waals surface area contributed by atoms with E-state index in [2.05, 4.69) is 25.6 Å². The zero-order chi connectivity index (χ0) is 13.4. The molecular weight excluding hydrogens is 246 g/mol. The van der Waals surface area contributed by atoms with Gasteiger partial charge in [-0.1, -0.05) is 0 Å². The molecule has 0 aliphatic carbocycles. The Kier molecular flexibility index (Phi) is 2.55. The fraction of sp³-hybridized carbons (Fsp3) is 0.273. The van der Waals surface area contributed by atoms with Crippen molar-refractivity contribution in [1.29, 1.82) is 0 Å². The molecule has 2 N–H and O–H groups in total. The van der Waals surface area contributed by atoms with E-state index in [1.165, 1.54) is 4.40 Å². The Balaban J connectivity index is 1.90. The van der Waals surface area contributed by atoms with E-state index in [9.17, 15) is 4.79 Å². The molecule has 3 rings (SSSR count). The maximum absolute atomic E-state index is 11.5. The molecule has 3 aromatic heterocycles. The molecule has 0 atom stereocenters. The Bertz CT molecular complexity index is 782. The van der Waals surface area contributed by atoms with Gasteiger partial charge in [-0.15, -0.1) is 0 Å². The Morgan fingerprint density at radius 2 is 2.32 bits per heavy atom. The number of rotatable bonds is 3. The van der Waals surface area contributed by atoms with E-state index in [4.69, 9.17) is 0 Å². The van der Waals surface area contributed by atoms with E-state index in [1.807, 2.05) is 13.1 Å². The number of nitrogens with one attached hydrogen (secondary N) is 2. The zero-order valence-corrected chi connectivity index (χ0v) is 10.6. The zero-order valence-electron chi connectivity index (χ0n) is 10.6. The SMILES string of the molecule is Cc1nc(NCc2ccnn2C)cc2n[nH]c(=O)n12. The van der Waals surface area contributed by atoms with Crippen molar-refractivity contribution in [3.05, 3.63) is 40.3 Å². The second kappa shape index (κ2) is 4.23. The molecule has 0 aliphatic heterocycles. The van der Waals surface area contributed by atoms with Crippen molar-refractivity contribution in [2.24, 2.45) is 7.05 Å². The van der Waals surface area contributed by atoms with Crippen LogP contribution in [-0.4, -0.2) is 29.4 Å². The average Bonchev–Trinajstić information content (AvgIpc) is 2.94. The predicted octanol–water partition coefficient (Wildman–Crippen LogP) is 0.0716. The lowest BCUT2D eigenvalue weighted by Gasteiger charge is -2.07. The molecule has 0 bridgehead atoms. The number of hydrogen-bond acceptors (Lipinski definition) is 5. The third-order valence-corrected chi connectivity index (χ3v) is 2.94. The minimum absolute atomic E-state index is 0.279. The average molecular weight is 259 g/mol. The van der Waals surface area contributed by atoms with Gasteiger partial charge in [0.25, 0.3) is 0 Å². The van der Waals surface area contributed by atoms with Gasteiger partial charge in [-0.05, 0) is 13.0 Å². The topological polar surface area (TPSA) is 92.9 Å². The number of aromatic amines is 1. The maximum Gasteiger partial charge on any atom is 0.349 e. The highest BCUT2D eigenvalue weighted by atomic mass is 16.1. The number of fused-ring (bicyclic) bond motifs is 1. The van der Waals surface area contributed by atoms with E-state index in [0.717, 1.165) is 5.69 Å². The highest BCUT2D eigenvalue weighted by Gasteiger charge is 2.07. The third-order valence-electron chi connectivity index (χ3n) is 2.94. The predicted molar refractivity (Wildman–Crippen MR) is 68.9 cm³/mol. The van der Waals surface area contributed by atoms with Gasteiger partial charge in [-0.3, -0.25) is 4.68 Å². The Labute approximate surface area is 108 Å². The van der Waals surface area contributed by atoms with Gasteiger partial charge >= 0.3 is 5.69 Å². The van der Waals surface area contributed by atoms with Crippen molar-refractivity contribution in [2.75, 3.05) is 5.32 Å². The Morgan fingerprint density at radius 1 is 1.47 bits per heavy atom. The molecule has 8 heteroatoms. The van der Waals surface area contributed by atoms with Crippen molar-refractivity contribution in [1.82, 2.24) is 29.4 Å². The smallest absolute Gasteiger partial charge is 0.349 e. The standard InChI is InChI=1S/C11H13N7O/c1-7-14-9(5-10-15-16-11(19)18(7)10)12-6-8-3-4-13-17(8)2/h3-5,12H,6H2,1-2H3,(H,16,19). The summed E-state index contributed by atoms with van der Waals surface area (Å²) in [4.78, 5) is 15.8. The summed E-state index contributed by atoms with van der Waals surface area (Å²) in [6, 6.07) is 3.65. The molecule has 3 aromatic rings. The van der Waals surface area contributed by atoms with E-state index in [1.54, 1.807) is 23.9 Å². The first kappa shape index (κ1) is 11.5. The summed E-state index contributed by atoms with van der Waals surface area (Å²) in [6.07, 6.45) is 1.74. The number of aryl methyl sites for hydroxylation is 2. The van der Waals surface area contributed by atoms with Crippen LogP contribution in [-0.2, 0) is 13.6 Å². The number of aromatic nitrogens is 6. The van der Waals surface area contributed by atoms with Crippen LogP contribution in [0.25, 0.3) is 5.65 Å². The van der Waals surface area contributed by atoms with Crippen LogP contribution >= 0.6 is 0 Å². The van der Waals surface area contributed by atoms with Crippen molar-refractivity contribution >= 4 is 11.5 Å². The molecule has 0 unspecified atom stereocenters. The van der Waals surface area contributed by atoms with E-state index in [-0.39, 0.29) is 5.69 Å². The van der Waals surface area contributed by atoms with E-state index in [0.29, 0.717) is 23.8 Å². The summed E-state index contributed by atoms with van der Waals surface area (Å²) >= 11 is 0. The van der Waals surface area contributed by atoms with Crippen LogP contribution in [0.1, 0.15) is 11.5 Å². The highest BCUT2D eigenvalue weighted by molar-refractivity contribution is 5.49. The van der Waals surface area contributed by atoms with Gasteiger partial charge in [0, 0.05) is 19.3 Å². The molecule has 3 heterocycles. The lowest BCUT2D eigenvalue weighted by molar-refractivity contribution is 0.719. The fourth-order valence-electron chi connectivity index (χ4n) is 1.94. The van der Waals surface area contributed by atoms with Crippen LogP contribution in [0.15, 0.2) is 23.1 Å². The fourth-order valence-corrected chi connectivity index (χ4v) is 1.94. The summed E-state index contributed by atoms with van der Waals surface area (Å²) in [5, 5.41) is 13.6. The summed E-state index contributed by atoms with van der Waals surface area (Å²) in [6.45, 7) is 2.37. The van der Waals surface area contributed by atoms with Gasteiger partial charge in [-0.2, -0.15) is 10.2 Å². The molecule has 0 spiro atoms. The molecule has 98 valence electrons. The number of nitrogens with zero attached hydrogens (tertiary/aromatic N) is 5. The molecule has 0 saturated carbocycles. The normalized spacial score (nSPS) is 11.1. The first-order chi connectivity index (χ1) is 9.15. The van der Waals surface area contributed by atoms with Crippen molar-refractivity contribution in [3.63, 3.8) is 0 Å². The van der Waals surface area contributed by atoms with Gasteiger partial charge in [-0.25, -0.2) is 19.3 Å². The second-order valence-corrected chi connectivity index (χ2v) is 4.21. The van der Waals surface area contributed by atoms with Gasteiger partial charge in [0.2, 0.25) is 0 Å². The number of anilines is 1. The van der Waals surface area contributed by atoms with E-state index >= 15 is 0 Å². The molecule has 0 saturated heterocycles. The van der Waals surface area contributed by atoms with Crippen LogP contribution < -0.4 is 11.0 Å². The van der Waals surface area contributed by atoms with Crippen molar-refractivity contribution in [2.45, 2.75) is 13.5 Å². The molecule has 8 nitrogen and oxygen atoms in total. The minimum atomic E-state index is -0.279. The molecule has 0 fully saturated rings. The molecule has 0 amide bonds. The Morgan fingerprint density at radius 3 is 3.05 bits per heavy atom. The van der Waals surface area contributed by atoms with Crippen LogP contribution in [0.5, 0.6) is 0 Å². The molecule has 0 aromatic carbocycles. The molecule has 19 heavy (non-hydrogen) atoms. The van der Waals surface area contributed by atoms with Crippen LogP contribution in [0, 0.1) is 6.92 Å². The van der Waals surface area contributed by atoms with Crippen LogP contribution in [0.3, 0.4) is 0 Å². The van der Waals surface area contributed by atoms with Crippen molar-refractivity contribution in [3.8, 4) is 0 Å². The maximum atomic E-state index is 11.5. The largest absolute Gasteiger partial charge is 0.364 e. The lowest BCUT2D eigenvalue weighted by Crippen LogP contribution is -2.14. The number of H-pyrrole nitrogens is 1. The summed E-state index contributed by atoms with van der Waals surface area (Å²) in [5.41, 5.74) is 1.31. The monoisotopic (exact) mass is 259 g/mol. The molecule has 0 radical (unpaired) electrons. The third kappa shape index (κ3) is 1.96. The quantitative estimate of drug-likeness (QED) is 0.694. The van der Waals surface area contributed by atoms with Gasteiger partial charge in [0.1, 0.15) is 11.6 Å². The Hall–Kier alpha value is -2.64. The molecule has 0 aliphatic rings. The highest BCUT2D eigenvalue weighted by Crippen LogP contribution is 2.09. The molecular formula is C11H13N7O. The van der Waals surface area contributed by atoms with E-state index < -0.39 is 0 Å². The second-order valence-electron chi connectivity index (χ2n) is 4.21. The van der Waals surface area contributed by atoms with Gasteiger partial charge < -0.3 is 5.32 Å². The van der Waals surface area contributed by atoms with Crippen LogP contribution in [0.2, 0.25) is 0 Å².